The van der Waals surface area contributed by atoms with E-state index in [2.05, 4.69) is 5.32 Å². The summed E-state index contributed by atoms with van der Waals surface area (Å²) >= 11 is 1.62. The maximum atomic E-state index is 12.3. The molecule has 1 aliphatic rings. The third-order valence-corrected chi connectivity index (χ3v) is 4.49. The van der Waals surface area contributed by atoms with Gasteiger partial charge in [0.1, 0.15) is 0 Å². The number of likely N-dealkylation sites (N-methyl/N-ethyl adjacent to an activating group) is 1. The highest BCUT2D eigenvalue weighted by molar-refractivity contribution is 7.99. The monoisotopic (exact) mass is 329 g/mol. The maximum Gasteiger partial charge on any atom is 0.253 e. The number of hydrogen-bond donors (Lipinski definition) is 2. The van der Waals surface area contributed by atoms with Gasteiger partial charge in [0.05, 0.1) is 5.69 Å². The molecular weight excluding hydrogens is 310 g/mol. The lowest BCUT2D eigenvalue weighted by Gasteiger charge is -2.24. The van der Waals surface area contributed by atoms with Crippen LogP contribution in [-0.4, -0.2) is 42.1 Å². The summed E-state index contributed by atoms with van der Waals surface area (Å²) in [5, 5.41) is 2.84. The van der Waals surface area contributed by atoms with Crippen LogP contribution in [-0.2, 0) is 4.79 Å². The van der Waals surface area contributed by atoms with E-state index >= 15 is 0 Å². The Kier molecular flexibility index (Phi) is 6.51. The minimum atomic E-state index is -0.0887. The summed E-state index contributed by atoms with van der Waals surface area (Å²) in [6.07, 6.45) is 0.493. The summed E-state index contributed by atoms with van der Waals surface area (Å²) in [5.74, 6) is 0.662. The van der Waals surface area contributed by atoms with Crippen molar-refractivity contribution < 1.29 is 9.59 Å². The predicted molar refractivity (Wildman–Crippen MR) is 88.3 cm³/mol. The van der Waals surface area contributed by atoms with Gasteiger partial charge in [0.15, 0.2) is 0 Å². The zero-order valence-corrected chi connectivity index (χ0v) is 13.7. The summed E-state index contributed by atoms with van der Waals surface area (Å²) in [5.41, 5.74) is 6.87. The van der Waals surface area contributed by atoms with Crippen LogP contribution in [0.3, 0.4) is 0 Å². The molecular formula is C14H20ClN3O2S. The van der Waals surface area contributed by atoms with Gasteiger partial charge in [0.2, 0.25) is 5.91 Å². The zero-order chi connectivity index (χ0) is 14.7. The van der Waals surface area contributed by atoms with Crippen molar-refractivity contribution in [3.63, 3.8) is 0 Å². The van der Waals surface area contributed by atoms with E-state index < -0.39 is 0 Å². The summed E-state index contributed by atoms with van der Waals surface area (Å²) in [4.78, 5) is 26.5. The molecule has 0 bridgehead atoms. The molecule has 1 atom stereocenters. The molecule has 0 aromatic heterocycles. The van der Waals surface area contributed by atoms with Crippen molar-refractivity contribution >= 4 is 41.7 Å². The van der Waals surface area contributed by atoms with Gasteiger partial charge in [0, 0.05) is 42.3 Å². The highest BCUT2D eigenvalue weighted by Crippen LogP contribution is 2.31. The first-order chi connectivity index (χ1) is 9.52. The first kappa shape index (κ1) is 17.8. The molecule has 0 aliphatic carbocycles. The number of halogens is 1. The van der Waals surface area contributed by atoms with E-state index in [0.717, 1.165) is 16.3 Å². The van der Waals surface area contributed by atoms with Crippen molar-refractivity contribution in [3.05, 3.63) is 23.8 Å². The number of nitrogens with two attached hydrogens (primary N) is 1. The second-order valence-electron chi connectivity index (χ2n) is 4.86. The number of benzene rings is 1. The molecule has 0 saturated heterocycles. The number of nitrogens with one attached hydrogen (secondary N) is 1. The van der Waals surface area contributed by atoms with Gasteiger partial charge in [-0.2, -0.15) is 0 Å². The number of carbonyl (C=O) groups is 2. The number of fused-ring (bicyclic) bond motifs is 1. The Hall–Kier alpha value is -1.24. The predicted octanol–water partition coefficient (Wildman–Crippen LogP) is 1.96. The van der Waals surface area contributed by atoms with E-state index in [1.165, 1.54) is 0 Å². The molecule has 2 rings (SSSR count). The lowest BCUT2D eigenvalue weighted by Crippen LogP contribution is -2.39. The SMILES string of the molecule is CC(CN)N(C)C(=O)c1ccc2c(c1)NC(=O)CCS2.Cl. The Balaban J connectivity index is 0.00000220. The van der Waals surface area contributed by atoms with Gasteiger partial charge < -0.3 is 16.0 Å². The first-order valence-corrected chi connectivity index (χ1v) is 7.55. The minimum absolute atomic E-state index is 0. The quantitative estimate of drug-likeness (QED) is 0.889. The third kappa shape index (κ3) is 4.12. The van der Waals surface area contributed by atoms with Gasteiger partial charge in [-0.1, -0.05) is 0 Å². The van der Waals surface area contributed by atoms with E-state index in [0.29, 0.717) is 18.5 Å². The average molecular weight is 330 g/mol. The van der Waals surface area contributed by atoms with Crippen molar-refractivity contribution in [1.29, 1.82) is 0 Å². The number of nitrogens with zero attached hydrogens (tertiary/aromatic N) is 1. The summed E-state index contributed by atoms with van der Waals surface area (Å²) in [6.45, 7) is 2.32. The standard InChI is InChI=1S/C14H19N3O2S.ClH/c1-9(8-15)17(2)14(19)10-3-4-12-11(7-10)16-13(18)5-6-20-12;/h3-4,7,9H,5-6,8,15H2,1-2H3,(H,16,18);1H. The number of anilines is 1. The zero-order valence-electron chi connectivity index (χ0n) is 12.1. The maximum absolute atomic E-state index is 12.3. The molecule has 0 radical (unpaired) electrons. The van der Waals surface area contributed by atoms with Gasteiger partial charge in [-0.05, 0) is 25.1 Å². The molecule has 1 aliphatic heterocycles. The van der Waals surface area contributed by atoms with Crippen molar-refractivity contribution in [2.75, 3.05) is 24.7 Å². The largest absolute Gasteiger partial charge is 0.338 e. The fourth-order valence-electron chi connectivity index (χ4n) is 1.91. The molecule has 1 heterocycles. The molecule has 1 unspecified atom stereocenters. The van der Waals surface area contributed by atoms with Crippen molar-refractivity contribution in [1.82, 2.24) is 4.90 Å². The van der Waals surface area contributed by atoms with Gasteiger partial charge in [0.25, 0.3) is 5.91 Å². The number of rotatable bonds is 3. The van der Waals surface area contributed by atoms with Crippen LogP contribution in [0.15, 0.2) is 23.1 Å². The Labute approximate surface area is 135 Å². The lowest BCUT2D eigenvalue weighted by atomic mass is 10.1. The molecule has 116 valence electrons. The lowest BCUT2D eigenvalue weighted by molar-refractivity contribution is -0.115. The van der Waals surface area contributed by atoms with E-state index in [1.54, 1.807) is 35.8 Å². The normalized spacial score (nSPS) is 15.1. The number of amides is 2. The van der Waals surface area contributed by atoms with Crippen LogP contribution >= 0.6 is 24.2 Å². The van der Waals surface area contributed by atoms with Crippen molar-refractivity contribution in [2.45, 2.75) is 24.3 Å². The Morgan fingerprint density at radius 2 is 2.24 bits per heavy atom. The van der Waals surface area contributed by atoms with Crippen molar-refractivity contribution in [3.8, 4) is 0 Å². The van der Waals surface area contributed by atoms with Gasteiger partial charge in [-0.15, -0.1) is 24.2 Å². The Morgan fingerprint density at radius 1 is 1.52 bits per heavy atom. The number of carbonyl (C=O) groups excluding carboxylic acids is 2. The molecule has 21 heavy (non-hydrogen) atoms. The molecule has 5 nitrogen and oxygen atoms in total. The van der Waals surface area contributed by atoms with E-state index in [4.69, 9.17) is 5.73 Å². The van der Waals surface area contributed by atoms with Crippen molar-refractivity contribution in [2.24, 2.45) is 5.73 Å². The smallest absolute Gasteiger partial charge is 0.253 e. The van der Waals surface area contributed by atoms with E-state index in [1.807, 2.05) is 13.0 Å². The second-order valence-corrected chi connectivity index (χ2v) is 6.00. The second kappa shape index (κ2) is 7.68. The summed E-state index contributed by atoms with van der Waals surface area (Å²) in [7, 11) is 1.73. The van der Waals surface area contributed by atoms with Crippen LogP contribution in [0.4, 0.5) is 5.69 Å². The summed E-state index contributed by atoms with van der Waals surface area (Å²) < 4.78 is 0. The Morgan fingerprint density at radius 3 is 2.90 bits per heavy atom. The van der Waals surface area contributed by atoms with Crippen LogP contribution in [0, 0.1) is 0 Å². The number of thioether (sulfide) groups is 1. The van der Waals surface area contributed by atoms with Crippen LogP contribution in [0.1, 0.15) is 23.7 Å². The molecule has 1 aromatic carbocycles. The molecule has 2 amide bonds. The van der Waals surface area contributed by atoms with Crippen LogP contribution in [0.25, 0.3) is 0 Å². The average Bonchev–Trinajstić information content (AvgIpc) is 2.64. The van der Waals surface area contributed by atoms with E-state index in [9.17, 15) is 9.59 Å². The molecule has 0 fully saturated rings. The molecule has 3 N–H and O–H groups in total. The topological polar surface area (TPSA) is 75.4 Å². The number of hydrogen-bond acceptors (Lipinski definition) is 4. The highest BCUT2D eigenvalue weighted by Gasteiger charge is 2.19. The van der Waals surface area contributed by atoms with Crippen LogP contribution in [0.5, 0.6) is 0 Å². The molecule has 0 spiro atoms. The van der Waals surface area contributed by atoms with Gasteiger partial charge >= 0.3 is 0 Å². The Bertz CT molecular complexity index is 539. The van der Waals surface area contributed by atoms with Gasteiger partial charge in [-0.3, -0.25) is 9.59 Å². The van der Waals surface area contributed by atoms with Gasteiger partial charge in [-0.25, -0.2) is 0 Å². The highest BCUT2D eigenvalue weighted by atomic mass is 35.5. The van der Waals surface area contributed by atoms with Crippen LogP contribution < -0.4 is 11.1 Å². The summed E-state index contributed by atoms with van der Waals surface area (Å²) in [6, 6.07) is 5.41. The molecule has 7 heteroatoms. The molecule has 0 saturated carbocycles. The van der Waals surface area contributed by atoms with E-state index in [-0.39, 0.29) is 30.3 Å². The first-order valence-electron chi connectivity index (χ1n) is 6.57. The third-order valence-electron chi connectivity index (χ3n) is 3.41. The fraction of sp³-hybridized carbons (Fsp3) is 0.429. The van der Waals surface area contributed by atoms with Crippen LogP contribution in [0.2, 0.25) is 0 Å². The fourth-order valence-corrected chi connectivity index (χ4v) is 2.85. The molecule has 1 aromatic rings. The minimum Gasteiger partial charge on any atom is -0.338 e.